The van der Waals surface area contributed by atoms with Crippen LogP contribution in [0.3, 0.4) is 0 Å². The Hall–Kier alpha value is -3.16. The molecule has 7 nitrogen and oxygen atoms in total. The number of carbonyl (C=O) groups excluding carboxylic acids is 2. The van der Waals surface area contributed by atoms with E-state index in [2.05, 4.69) is 0 Å². The van der Waals surface area contributed by atoms with Crippen molar-refractivity contribution in [3.63, 3.8) is 0 Å². The summed E-state index contributed by atoms with van der Waals surface area (Å²) >= 11 is 6.11. The molecule has 1 amide bonds. The average Bonchev–Trinajstić information content (AvgIpc) is 3.41. The first kappa shape index (κ1) is 20.7. The molecule has 3 heterocycles. The van der Waals surface area contributed by atoms with Crippen LogP contribution in [0.15, 0.2) is 51.7 Å². The number of ether oxygens (including phenoxy) is 2. The van der Waals surface area contributed by atoms with Crippen LogP contribution in [0.2, 0.25) is 5.02 Å². The minimum Gasteiger partial charge on any atom is -0.465 e. The number of esters is 1. The Labute approximate surface area is 188 Å². The molecular weight excluding hydrogens is 434 g/mol. The third-order valence-electron chi connectivity index (χ3n) is 6.00. The van der Waals surface area contributed by atoms with Crippen molar-refractivity contribution in [1.82, 2.24) is 4.90 Å². The zero-order chi connectivity index (χ0) is 22.4. The lowest BCUT2D eigenvalue weighted by Crippen LogP contribution is -2.36. The molecule has 0 unspecified atom stereocenters. The normalized spacial score (nSPS) is 20.1. The second kappa shape index (κ2) is 8.07. The van der Waals surface area contributed by atoms with Gasteiger partial charge in [-0.3, -0.25) is 9.59 Å². The smallest absolute Gasteiger partial charge is 0.337 e. The van der Waals surface area contributed by atoms with E-state index in [1.807, 2.05) is 0 Å². The van der Waals surface area contributed by atoms with Crippen molar-refractivity contribution in [2.75, 3.05) is 20.3 Å². The molecule has 0 N–H and O–H groups in total. The van der Waals surface area contributed by atoms with Gasteiger partial charge < -0.3 is 18.8 Å². The standard InChI is InChI=1S/C24H20ClNO6/c1-30-24(29)14-6-4-13(5-7-14)20-19-21(27)17-11-15(25)8-9-18(17)32-22(19)23(28)26(20)12-16-3-2-10-31-16/h4-9,11,16,20H,2-3,10,12H2,1H3/t16-,20-/m1/s1. The Bertz CT molecular complexity index is 1280. The van der Waals surface area contributed by atoms with Crippen molar-refractivity contribution in [2.24, 2.45) is 0 Å². The van der Waals surface area contributed by atoms with E-state index in [0.29, 0.717) is 40.3 Å². The number of hydrogen-bond acceptors (Lipinski definition) is 6. The molecule has 0 saturated carbocycles. The summed E-state index contributed by atoms with van der Waals surface area (Å²) < 4.78 is 16.4. The van der Waals surface area contributed by atoms with Crippen molar-refractivity contribution in [3.8, 4) is 0 Å². The van der Waals surface area contributed by atoms with Gasteiger partial charge in [0.2, 0.25) is 5.76 Å². The van der Waals surface area contributed by atoms with Gasteiger partial charge in [-0.05, 0) is 48.7 Å². The fourth-order valence-electron chi connectivity index (χ4n) is 4.45. The quantitative estimate of drug-likeness (QED) is 0.556. The highest BCUT2D eigenvalue weighted by atomic mass is 35.5. The number of carbonyl (C=O) groups is 2. The molecule has 2 aromatic carbocycles. The summed E-state index contributed by atoms with van der Waals surface area (Å²) in [7, 11) is 1.31. The molecule has 0 aliphatic carbocycles. The molecule has 1 saturated heterocycles. The third kappa shape index (κ3) is 3.38. The van der Waals surface area contributed by atoms with Crippen molar-refractivity contribution >= 4 is 34.4 Å². The number of methoxy groups -OCH3 is 1. The highest BCUT2D eigenvalue weighted by molar-refractivity contribution is 6.31. The number of nitrogens with zero attached hydrogens (tertiary/aromatic N) is 1. The monoisotopic (exact) mass is 453 g/mol. The van der Waals surface area contributed by atoms with Crippen molar-refractivity contribution in [3.05, 3.63) is 80.2 Å². The van der Waals surface area contributed by atoms with Crippen LogP contribution in [0, 0.1) is 0 Å². The lowest BCUT2D eigenvalue weighted by atomic mass is 9.97. The van der Waals surface area contributed by atoms with Crippen LogP contribution in [0.4, 0.5) is 0 Å². The Morgan fingerprint density at radius 3 is 2.66 bits per heavy atom. The van der Waals surface area contributed by atoms with Gasteiger partial charge in [0, 0.05) is 18.2 Å². The van der Waals surface area contributed by atoms with Crippen LogP contribution >= 0.6 is 11.6 Å². The molecule has 32 heavy (non-hydrogen) atoms. The molecule has 5 rings (SSSR count). The van der Waals surface area contributed by atoms with Crippen LogP contribution in [0.25, 0.3) is 11.0 Å². The predicted molar refractivity (Wildman–Crippen MR) is 117 cm³/mol. The van der Waals surface area contributed by atoms with Gasteiger partial charge in [0.05, 0.1) is 35.8 Å². The SMILES string of the molecule is COC(=O)c1ccc([C@@H]2c3c(oc4ccc(Cl)cc4c3=O)C(=O)N2C[C@H]2CCCO2)cc1. The van der Waals surface area contributed by atoms with Gasteiger partial charge in [-0.2, -0.15) is 0 Å². The summed E-state index contributed by atoms with van der Waals surface area (Å²) in [5.41, 5.74) is 1.35. The highest BCUT2D eigenvalue weighted by Crippen LogP contribution is 2.39. The lowest BCUT2D eigenvalue weighted by molar-refractivity contribution is 0.0486. The summed E-state index contributed by atoms with van der Waals surface area (Å²) in [4.78, 5) is 40.4. The maximum Gasteiger partial charge on any atom is 0.337 e. The maximum absolute atomic E-state index is 13.5. The Morgan fingerprint density at radius 1 is 1.19 bits per heavy atom. The lowest BCUT2D eigenvalue weighted by Gasteiger charge is -2.27. The van der Waals surface area contributed by atoms with Gasteiger partial charge in [0.25, 0.3) is 5.91 Å². The van der Waals surface area contributed by atoms with Gasteiger partial charge in [0.15, 0.2) is 5.43 Å². The Balaban J connectivity index is 1.66. The summed E-state index contributed by atoms with van der Waals surface area (Å²) in [6.45, 7) is 0.987. The van der Waals surface area contributed by atoms with Gasteiger partial charge in [-0.15, -0.1) is 0 Å². The van der Waals surface area contributed by atoms with Gasteiger partial charge in [0.1, 0.15) is 5.58 Å². The minimum atomic E-state index is -0.659. The summed E-state index contributed by atoms with van der Waals surface area (Å²) in [6.07, 6.45) is 1.66. The number of fused-ring (bicyclic) bond motifs is 2. The molecule has 0 radical (unpaired) electrons. The number of amides is 1. The van der Waals surface area contributed by atoms with E-state index in [-0.39, 0.29) is 28.8 Å². The second-order valence-corrected chi connectivity index (χ2v) is 8.36. The third-order valence-corrected chi connectivity index (χ3v) is 6.23. The molecule has 2 atom stereocenters. The fourth-order valence-corrected chi connectivity index (χ4v) is 4.63. The zero-order valence-electron chi connectivity index (χ0n) is 17.3. The topological polar surface area (TPSA) is 86.0 Å². The number of halogens is 1. The van der Waals surface area contributed by atoms with Crippen molar-refractivity contribution in [2.45, 2.75) is 25.0 Å². The highest BCUT2D eigenvalue weighted by Gasteiger charge is 2.44. The molecule has 1 aromatic heterocycles. The summed E-state index contributed by atoms with van der Waals surface area (Å²) in [6, 6.07) is 10.8. The van der Waals surface area contributed by atoms with Gasteiger partial charge >= 0.3 is 5.97 Å². The molecule has 3 aromatic rings. The fraction of sp³-hybridized carbons (Fsp3) is 0.292. The predicted octanol–water partition coefficient (Wildman–Crippen LogP) is 3.96. The first-order chi connectivity index (χ1) is 15.5. The second-order valence-electron chi connectivity index (χ2n) is 7.92. The Morgan fingerprint density at radius 2 is 1.97 bits per heavy atom. The first-order valence-corrected chi connectivity index (χ1v) is 10.7. The molecule has 0 spiro atoms. The van der Waals surface area contributed by atoms with E-state index in [1.54, 1.807) is 47.4 Å². The molecule has 164 valence electrons. The molecular formula is C24H20ClNO6. The zero-order valence-corrected chi connectivity index (χ0v) is 18.1. The van der Waals surface area contributed by atoms with Crippen LogP contribution in [-0.4, -0.2) is 43.1 Å². The summed E-state index contributed by atoms with van der Waals surface area (Å²) in [5.74, 6) is -0.785. The van der Waals surface area contributed by atoms with E-state index < -0.39 is 12.0 Å². The van der Waals surface area contributed by atoms with Crippen LogP contribution in [0.1, 0.15) is 50.9 Å². The van der Waals surface area contributed by atoms with E-state index in [0.717, 1.165) is 12.8 Å². The van der Waals surface area contributed by atoms with E-state index >= 15 is 0 Å². The van der Waals surface area contributed by atoms with Crippen molar-refractivity contribution < 1.29 is 23.5 Å². The van der Waals surface area contributed by atoms with Gasteiger partial charge in [-0.1, -0.05) is 23.7 Å². The van der Waals surface area contributed by atoms with E-state index in [1.165, 1.54) is 7.11 Å². The van der Waals surface area contributed by atoms with Crippen LogP contribution < -0.4 is 5.43 Å². The first-order valence-electron chi connectivity index (χ1n) is 10.3. The minimum absolute atomic E-state index is 0.0323. The van der Waals surface area contributed by atoms with Crippen LogP contribution in [0.5, 0.6) is 0 Å². The van der Waals surface area contributed by atoms with E-state index in [4.69, 9.17) is 25.5 Å². The van der Waals surface area contributed by atoms with E-state index in [9.17, 15) is 14.4 Å². The van der Waals surface area contributed by atoms with Crippen LogP contribution in [-0.2, 0) is 9.47 Å². The molecule has 2 aliphatic rings. The number of hydrogen-bond donors (Lipinski definition) is 0. The van der Waals surface area contributed by atoms with Crippen molar-refractivity contribution in [1.29, 1.82) is 0 Å². The Kier molecular flexibility index (Phi) is 5.23. The van der Waals surface area contributed by atoms with Gasteiger partial charge in [-0.25, -0.2) is 4.79 Å². The molecule has 8 heteroatoms. The summed E-state index contributed by atoms with van der Waals surface area (Å²) in [5, 5.41) is 0.725. The molecule has 2 aliphatic heterocycles. The number of benzene rings is 2. The number of rotatable bonds is 4. The largest absolute Gasteiger partial charge is 0.465 e. The molecule has 0 bridgehead atoms. The maximum atomic E-state index is 13.5. The average molecular weight is 454 g/mol. The molecule has 1 fully saturated rings.